The summed E-state index contributed by atoms with van der Waals surface area (Å²) < 4.78 is 14.0. The highest BCUT2D eigenvalue weighted by molar-refractivity contribution is 6.36. The minimum Gasteiger partial charge on any atom is -0.387 e. The molecule has 0 saturated carbocycles. The monoisotopic (exact) mass is 531 g/mol. The molecule has 4 N–H and O–H groups in total. The molecule has 0 aliphatic carbocycles. The van der Waals surface area contributed by atoms with E-state index in [0.717, 1.165) is 5.69 Å². The van der Waals surface area contributed by atoms with Crippen molar-refractivity contribution >= 4 is 35.1 Å². The smallest absolute Gasteiger partial charge is 0.256 e. The predicted molar refractivity (Wildman–Crippen MR) is 146 cm³/mol. The van der Waals surface area contributed by atoms with Crippen LogP contribution in [0.2, 0.25) is 0 Å². The summed E-state index contributed by atoms with van der Waals surface area (Å²) in [6.07, 6.45) is 1.67. The first-order chi connectivity index (χ1) is 18.8. The topological polar surface area (TPSA) is 118 Å². The molecular formula is C29H30FN5O4. The van der Waals surface area contributed by atoms with Crippen molar-refractivity contribution in [1.29, 1.82) is 0 Å². The van der Waals surface area contributed by atoms with Gasteiger partial charge in [0.2, 0.25) is 5.91 Å². The number of rotatable bonds is 7. The molecule has 3 aromatic rings. The van der Waals surface area contributed by atoms with Gasteiger partial charge in [-0.3, -0.25) is 19.3 Å². The summed E-state index contributed by atoms with van der Waals surface area (Å²) in [7, 11) is 0. The number of nitrogens with zero attached hydrogens (tertiary/aromatic N) is 2. The highest BCUT2D eigenvalue weighted by Crippen LogP contribution is 2.40. The Morgan fingerprint density at radius 2 is 1.87 bits per heavy atom. The van der Waals surface area contributed by atoms with E-state index in [9.17, 15) is 18.8 Å². The Labute approximate surface area is 225 Å². The predicted octanol–water partition coefficient (Wildman–Crippen LogP) is 2.49. The largest absolute Gasteiger partial charge is 0.387 e. The zero-order valence-electron chi connectivity index (χ0n) is 21.6. The van der Waals surface area contributed by atoms with Crippen molar-refractivity contribution in [3.63, 3.8) is 0 Å². The number of aliphatic hydroxyl groups excluding tert-OH is 1. The minimum absolute atomic E-state index is 0.266. The number of nitrogens with one attached hydrogen (secondary N) is 3. The van der Waals surface area contributed by atoms with Gasteiger partial charge in [0.25, 0.3) is 11.8 Å². The summed E-state index contributed by atoms with van der Waals surface area (Å²) in [4.78, 5) is 44.7. The first-order valence-corrected chi connectivity index (χ1v) is 12.8. The molecule has 9 nitrogen and oxygen atoms in total. The molecule has 0 radical (unpaired) electrons. The lowest BCUT2D eigenvalue weighted by molar-refractivity contribution is -0.135. The number of aromatic nitrogens is 1. The minimum atomic E-state index is -0.482. The number of aliphatic hydroxyl groups is 1. The maximum Gasteiger partial charge on any atom is 0.256 e. The molecular weight excluding hydrogens is 501 g/mol. The van der Waals surface area contributed by atoms with Crippen LogP contribution in [0.3, 0.4) is 0 Å². The van der Waals surface area contributed by atoms with Crippen LogP contribution >= 0.6 is 0 Å². The summed E-state index contributed by atoms with van der Waals surface area (Å²) in [5.74, 6) is -1.20. The summed E-state index contributed by atoms with van der Waals surface area (Å²) in [5, 5.41) is 14.8. The molecule has 1 fully saturated rings. The van der Waals surface area contributed by atoms with E-state index in [1.807, 2.05) is 19.1 Å². The second-order valence-corrected chi connectivity index (χ2v) is 9.67. The lowest BCUT2D eigenvalue weighted by Gasteiger charge is -2.34. The second-order valence-electron chi connectivity index (χ2n) is 9.67. The van der Waals surface area contributed by atoms with Crippen molar-refractivity contribution in [2.24, 2.45) is 0 Å². The van der Waals surface area contributed by atoms with Gasteiger partial charge >= 0.3 is 0 Å². The number of fused-ring (bicyclic) bond motifs is 1. The van der Waals surface area contributed by atoms with Crippen LogP contribution in [0, 0.1) is 12.7 Å². The van der Waals surface area contributed by atoms with E-state index < -0.39 is 6.61 Å². The number of piperazine rings is 1. The van der Waals surface area contributed by atoms with Crippen LogP contribution in [-0.4, -0.2) is 83.5 Å². The van der Waals surface area contributed by atoms with E-state index in [-0.39, 0.29) is 23.5 Å². The third-order valence-corrected chi connectivity index (χ3v) is 7.05. The van der Waals surface area contributed by atoms with Gasteiger partial charge in [-0.1, -0.05) is 24.3 Å². The van der Waals surface area contributed by atoms with Gasteiger partial charge in [-0.15, -0.1) is 0 Å². The molecule has 2 aliphatic heterocycles. The number of amides is 3. The lowest BCUT2D eigenvalue weighted by atomic mass is 9.94. The number of hydrogen-bond donors (Lipinski definition) is 4. The zero-order valence-corrected chi connectivity index (χ0v) is 21.6. The van der Waals surface area contributed by atoms with E-state index in [4.69, 9.17) is 5.11 Å². The van der Waals surface area contributed by atoms with Gasteiger partial charge in [0, 0.05) is 56.2 Å². The van der Waals surface area contributed by atoms with Crippen molar-refractivity contribution in [3.8, 4) is 11.1 Å². The summed E-state index contributed by atoms with van der Waals surface area (Å²) in [6.45, 7) is 4.83. The second kappa shape index (κ2) is 11.2. The number of halogens is 1. The maximum atomic E-state index is 14.0. The lowest BCUT2D eigenvalue weighted by Crippen LogP contribution is -2.50. The van der Waals surface area contributed by atoms with E-state index in [1.54, 1.807) is 35.2 Å². The number of aromatic amines is 1. The Morgan fingerprint density at radius 3 is 2.62 bits per heavy atom. The van der Waals surface area contributed by atoms with E-state index in [2.05, 4.69) is 20.5 Å². The van der Waals surface area contributed by atoms with E-state index in [1.165, 1.54) is 12.1 Å². The summed E-state index contributed by atoms with van der Waals surface area (Å²) >= 11 is 0. The average Bonchev–Trinajstić information content (AvgIpc) is 3.47. The molecule has 2 aromatic carbocycles. The van der Waals surface area contributed by atoms with E-state index in [0.29, 0.717) is 78.5 Å². The Balaban J connectivity index is 1.32. The Bertz CT molecular complexity index is 1460. The zero-order chi connectivity index (χ0) is 27.5. The van der Waals surface area contributed by atoms with Crippen LogP contribution in [0.15, 0.2) is 48.5 Å². The summed E-state index contributed by atoms with van der Waals surface area (Å²) in [5.41, 5.74) is 4.73. The molecule has 0 spiro atoms. The quantitative estimate of drug-likeness (QED) is 0.350. The van der Waals surface area contributed by atoms with Crippen molar-refractivity contribution < 1.29 is 23.9 Å². The van der Waals surface area contributed by atoms with Gasteiger partial charge in [-0.05, 0) is 48.4 Å². The van der Waals surface area contributed by atoms with Crippen molar-refractivity contribution in [2.75, 3.05) is 51.2 Å². The van der Waals surface area contributed by atoms with Crippen LogP contribution in [-0.2, 0) is 9.59 Å². The van der Waals surface area contributed by atoms with Crippen LogP contribution in [0.1, 0.15) is 27.3 Å². The third-order valence-electron chi connectivity index (χ3n) is 7.05. The van der Waals surface area contributed by atoms with Crippen molar-refractivity contribution in [2.45, 2.75) is 6.92 Å². The highest BCUT2D eigenvalue weighted by Gasteiger charge is 2.28. The van der Waals surface area contributed by atoms with Crippen LogP contribution in [0.25, 0.3) is 22.8 Å². The fourth-order valence-corrected chi connectivity index (χ4v) is 5.08. The van der Waals surface area contributed by atoms with Crippen molar-refractivity contribution in [1.82, 2.24) is 20.1 Å². The SMILES string of the molecule is Cc1cc(C(=O)NCCN2CCN(C(=O)CO)CC2)c(/C=C2\C(=O)Nc3cccc(-c4cccc(F)c4)c32)[nH]1. The molecule has 0 bridgehead atoms. The van der Waals surface area contributed by atoms with Gasteiger partial charge < -0.3 is 25.6 Å². The third kappa shape index (κ3) is 5.62. The fourth-order valence-electron chi connectivity index (χ4n) is 5.08. The molecule has 3 heterocycles. The number of benzene rings is 2. The molecule has 1 saturated heterocycles. The average molecular weight is 532 g/mol. The highest BCUT2D eigenvalue weighted by atomic mass is 19.1. The fraction of sp³-hybridized carbons (Fsp3) is 0.276. The van der Waals surface area contributed by atoms with Gasteiger partial charge in [-0.25, -0.2) is 4.39 Å². The van der Waals surface area contributed by atoms with Gasteiger partial charge in [0.05, 0.1) is 16.8 Å². The van der Waals surface area contributed by atoms with Crippen LogP contribution in [0.4, 0.5) is 10.1 Å². The molecule has 3 amide bonds. The molecule has 5 rings (SSSR count). The molecule has 0 unspecified atom stereocenters. The summed E-state index contributed by atoms with van der Waals surface area (Å²) in [6, 6.07) is 13.4. The number of hydrogen-bond acceptors (Lipinski definition) is 5. The molecule has 2 aliphatic rings. The molecule has 1 aromatic heterocycles. The Hall–Kier alpha value is -4.28. The van der Waals surface area contributed by atoms with Gasteiger partial charge in [0.1, 0.15) is 12.4 Å². The van der Waals surface area contributed by atoms with Crippen molar-refractivity contribution in [3.05, 3.63) is 76.9 Å². The van der Waals surface area contributed by atoms with Gasteiger partial charge in [0.15, 0.2) is 0 Å². The number of H-pyrrole nitrogens is 1. The molecule has 0 atom stereocenters. The first-order valence-electron chi connectivity index (χ1n) is 12.8. The first kappa shape index (κ1) is 26.3. The van der Waals surface area contributed by atoms with E-state index >= 15 is 0 Å². The van der Waals surface area contributed by atoms with Crippen LogP contribution in [0.5, 0.6) is 0 Å². The Kier molecular flexibility index (Phi) is 7.58. The standard InChI is InChI=1S/C29H30FN5O4/c1-18-14-22(28(38)31-8-9-34-10-12-35(13-11-34)26(37)17-36)25(32-18)16-23-27-21(19-4-2-5-20(30)15-19)6-3-7-24(27)33-29(23)39/h2-7,14-16,32,36H,8-13,17H2,1H3,(H,31,38)(H,33,39)/b23-16-. The number of aryl methyl sites for hydroxylation is 1. The van der Waals surface area contributed by atoms with Crippen LogP contribution < -0.4 is 10.6 Å². The van der Waals surface area contributed by atoms with Gasteiger partial charge in [-0.2, -0.15) is 0 Å². The number of anilines is 1. The molecule has 202 valence electrons. The maximum absolute atomic E-state index is 14.0. The molecule has 10 heteroatoms. The number of carbonyl (C=O) groups excluding carboxylic acids is 3. The normalized spacial score (nSPS) is 16.3. The number of carbonyl (C=O) groups is 3. The Morgan fingerprint density at radius 1 is 1.10 bits per heavy atom. The molecule has 39 heavy (non-hydrogen) atoms.